The zero-order valence-electron chi connectivity index (χ0n) is 9.65. The van der Waals surface area contributed by atoms with E-state index in [2.05, 4.69) is 21.2 Å². The van der Waals surface area contributed by atoms with Crippen LogP contribution < -0.4 is 11.1 Å². The standard InChI is InChI=1S/C13H10BrClN2O2/c14-9-3-1-2-4-11(9)17-12-8(13(18)19)5-7(16)6-10(12)15/h1-6,17H,16H2,(H,18,19). The zero-order chi connectivity index (χ0) is 14.0. The Morgan fingerprint density at radius 2 is 2.00 bits per heavy atom. The Morgan fingerprint density at radius 1 is 1.32 bits per heavy atom. The molecule has 0 unspecified atom stereocenters. The molecule has 19 heavy (non-hydrogen) atoms. The third-order valence-electron chi connectivity index (χ3n) is 2.48. The van der Waals surface area contributed by atoms with Crippen LogP contribution in [0.3, 0.4) is 0 Å². The van der Waals surface area contributed by atoms with Crippen molar-refractivity contribution < 1.29 is 9.90 Å². The van der Waals surface area contributed by atoms with Crippen LogP contribution in [0.5, 0.6) is 0 Å². The van der Waals surface area contributed by atoms with Crippen molar-refractivity contribution in [2.75, 3.05) is 11.1 Å². The molecule has 98 valence electrons. The molecular weight excluding hydrogens is 332 g/mol. The molecule has 2 aromatic rings. The van der Waals surface area contributed by atoms with Crippen molar-refractivity contribution in [1.29, 1.82) is 0 Å². The maximum atomic E-state index is 11.2. The number of halogens is 2. The molecule has 0 atom stereocenters. The molecule has 0 saturated carbocycles. The highest BCUT2D eigenvalue weighted by atomic mass is 79.9. The van der Waals surface area contributed by atoms with Crippen LogP contribution in [0.2, 0.25) is 5.02 Å². The number of benzene rings is 2. The molecule has 0 fully saturated rings. The molecule has 0 spiro atoms. The summed E-state index contributed by atoms with van der Waals surface area (Å²) in [7, 11) is 0. The van der Waals surface area contributed by atoms with Gasteiger partial charge in [0.25, 0.3) is 0 Å². The fourth-order valence-electron chi connectivity index (χ4n) is 1.62. The number of nitrogens with one attached hydrogen (secondary N) is 1. The van der Waals surface area contributed by atoms with Gasteiger partial charge in [-0.25, -0.2) is 4.79 Å². The molecule has 0 amide bonds. The van der Waals surface area contributed by atoms with Crippen LogP contribution in [0, 0.1) is 0 Å². The van der Waals surface area contributed by atoms with E-state index >= 15 is 0 Å². The van der Waals surface area contributed by atoms with E-state index in [1.165, 1.54) is 12.1 Å². The topological polar surface area (TPSA) is 75.3 Å². The summed E-state index contributed by atoms with van der Waals surface area (Å²) in [6.45, 7) is 0. The molecule has 0 aromatic heterocycles. The number of carbonyl (C=O) groups is 1. The van der Waals surface area contributed by atoms with E-state index in [1.807, 2.05) is 24.3 Å². The van der Waals surface area contributed by atoms with E-state index in [0.29, 0.717) is 11.4 Å². The second kappa shape index (κ2) is 5.50. The Morgan fingerprint density at radius 3 is 2.63 bits per heavy atom. The number of aromatic carboxylic acids is 1. The lowest BCUT2D eigenvalue weighted by atomic mass is 10.1. The maximum Gasteiger partial charge on any atom is 0.337 e. The van der Waals surface area contributed by atoms with Gasteiger partial charge in [-0.1, -0.05) is 23.7 Å². The van der Waals surface area contributed by atoms with E-state index in [1.54, 1.807) is 0 Å². The summed E-state index contributed by atoms with van der Waals surface area (Å²) in [6, 6.07) is 10.2. The first-order valence-corrected chi connectivity index (χ1v) is 6.50. The lowest BCUT2D eigenvalue weighted by Crippen LogP contribution is -2.05. The second-order valence-corrected chi connectivity index (χ2v) is 5.10. The van der Waals surface area contributed by atoms with Crippen molar-refractivity contribution in [2.45, 2.75) is 0 Å². The number of anilines is 3. The van der Waals surface area contributed by atoms with Crippen LogP contribution in [0.1, 0.15) is 10.4 Å². The number of nitrogen functional groups attached to an aromatic ring is 1. The van der Waals surface area contributed by atoms with Gasteiger partial charge in [0.2, 0.25) is 0 Å². The van der Waals surface area contributed by atoms with Gasteiger partial charge in [-0.3, -0.25) is 0 Å². The second-order valence-electron chi connectivity index (χ2n) is 3.84. The van der Waals surface area contributed by atoms with Crippen LogP contribution in [0.4, 0.5) is 17.1 Å². The van der Waals surface area contributed by atoms with Gasteiger partial charge >= 0.3 is 5.97 Å². The number of para-hydroxylation sites is 1. The zero-order valence-corrected chi connectivity index (χ0v) is 12.0. The Kier molecular flexibility index (Phi) is 3.97. The van der Waals surface area contributed by atoms with Crippen LogP contribution in [-0.4, -0.2) is 11.1 Å². The first kappa shape index (κ1) is 13.7. The molecule has 0 aliphatic rings. The average Bonchev–Trinajstić information content (AvgIpc) is 2.34. The van der Waals surface area contributed by atoms with Crippen molar-refractivity contribution in [2.24, 2.45) is 0 Å². The Hall–Kier alpha value is -1.72. The van der Waals surface area contributed by atoms with Crippen molar-refractivity contribution in [3.05, 3.63) is 51.5 Å². The van der Waals surface area contributed by atoms with Crippen molar-refractivity contribution in [1.82, 2.24) is 0 Å². The normalized spacial score (nSPS) is 10.2. The summed E-state index contributed by atoms with van der Waals surface area (Å²) in [5.74, 6) is -1.09. The largest absolute Gasteiger partial charge is 0.478 e. The molecule has 2 aromatic carbocycles. The molecule has 0 aliphatic carbocycles. The SMILES string of the molecule is Nc1cc(Cl)c(Nc2ccccc2Br)c(C(=O)O)c1. The summed E-state index contributed by atoms with van der Waals surface area (Å²) in [4.78, 5) is 11.2. The van der Waals surface area contributed by atoms with Crippen molar-refractivity contribution >= 4 is 50.6 Å². The third kappa shape index (κ3) is 3.00. The van der Waals surface area contributed by atoms with Crippen LogP contribution >= 0.6 is 27.5 Å². The van der Waals surface area contributed by atoms with Gasteiger partial charge < -0.3 is 16.2 Å². The highest BCUT2D eigenvalue weighted by Crippen LogP contribution is 2.34. The first-order valence-electron chi connectivity index (χ1n) is 5.33. The summed E-state index contributed by atoms with van der Waals surface area (Å²) in [6.07, 6.45) is 0. The molecule has 4 nitrogen and oxygen atoms in total. The quantitative estimate of drug-likeness (QED) is 0.734. The van der Waals surface area contributed by atoms with Gasteiger partial charge in [0.05, 0.1) is 22.0 Å². The van der Waals surface area contributed by atoms with E-state index in [0.717, 1.165) is 10.2 Å². The third-order valence-corrected chi connectivity index (χ3v) is 3.47. The molecule has 2 rings (SSSR count). The number of hydrogen-bond donors (Lipinski definition) is 3. The first-order chi connectivity index (χ1) is 8.99. The summed E-state index contributed by atoms with van der Waals surface area (Å²) >= 11 is 9.44. The lowest BCUT2D eigenvalue weighted by molar-refractivity contribution is 0.0698. The average molecular weight is 342 g/mol. The van der Waals surface area contributed by atoms with Gasteiger partial charge in [0.1, 0.15) is 0 Å². The van der Waals surface area contributed by atoms with Gasteiger partial charge in [-0.15, -0.1) is 0 Å². The Bertz CT molecular complexity index is 647. The van der Waals surface area contributed by atoms with Gasteiger partial charge in [0.15, 0.2) is 0 Å². The molecular formula is C13H10BrClN2O2. The molecule has 4 N–H and O–H groups in total. The van der Waals surface area contributed by atoms with E-state index in [4.69, 9.17) is 17.3 Å². The van der Waals surface area contributed by atoms with Crippen molar-refractivity contribution in [3.63, 3.8) is 0 Å². The van der Waals surface area contributed by atoms with E-state index < -0.39 is 5.97 Å². The predicted molar refractivity (Wildman–Crippen MR) is 80.2 cm³/mol. The predicted octanol–water partition coefficient (Wildman–Crippen LogP) is 4.13. The van der Waals surface area contributed by atoms with Crippen LogP contribution in [0.15, 0.2) is 40.9 Å². The number of carboxylic acids is 1. The van der Waals surface area contributed by atoms with Crippen molar-refractivity contribution in [3.8, 4) is 0 Å². The molecule has 6 heteroatoms. The summed E-state index contributed by atoms with van der Waals surface area (Å²) < 4.78 is 0.805. The molecule has 0 bridgehead atoms. The van der Waals surface area contributed by atoms with E-state index in [-0.39, 0.29) is 10.6 Å². The fraction of sp³-hybridized carbons (Fsp3) is 0. The van der Waals surface area contributed by atoms with Gasteiger partial charge in [0, 0.05) is 10.2 Å². The highest BCUT2D eigenvalue weighted by Gasteiger charge is 2.15. The summed E-state index contributed by atoms with van der Waals surface area (Å²) in [5.41, 5.74) is 6.97. The Labute approximate surface area is 123 Å². The minimum absolute atomic E-state index is 0.0285. The van der Waals surface area contributed by atoms with Gasteiger partial charge in [-0.05, 0) is 40.2 Å². The van der Waals surface area contributed by atoms with Crippen LogP contribution in [0.25, 0.3) is 0 Å². The maximum absolute atomic E-state index is 11.2. The minimum Gasteiger partial charge on any atom is -0.478 e. The smallest absolute Gasteiger partial charge is 0.337 e. The monoisotopic (exact) mass is 340 g/mol. The number of nitrogens with two attached hydrogens (primary N) is 1. The Balaban J connectivity index is 2.51. The molecule has 0 saturated heterocycles. The molecule has 0 aliphatic heterocycles. The number of hydrogen-bond acceptors (Lipinski definition) is 3. The van der Waals surface area contributed by atoms with Gasteiger partial charge in [-0.2, -0.15) is 0 Å². The molecule has 0 radical (unpaired) electrons. The number of rotatable bonds is 3. The highest BCUT2D eigenvalue weighted by molar-refractivity contribution is 9.10. The minimum atomic E-state index is -1.09. The summed E-state index contributed by atoms with van der Waals surface area (Å²) in [5, 5.41) is 12.5. The number of carboxylic acid groups (broad SMARTS) is 1. The van der Waals surface area contributed by atoms with Crippen LogP contribution in [-0.2, 0) is 0 Å². The lowest BCUT2D eigenvalue weighted by Gasteiger charge is -2.13. The van der Waals surface area contributed by atoms with E-state index in [9.17, 15) is 9.90 Å². The fourth-order valence-corrected chi connectivity index (χ4v) is 2.28. The molecule has 0 heterocycles.